The molecule has 0 aromatic rings. The van der Waals surface area contributed by atoms with E-state index in [2.05, 4.69) is 0 Å². The first-order valence-corrected chi connectivity index (χ1v) is 6.90. The second-order valence-electron chi connectivity index (χ2n) is 5.69. The highest BCUT2D eigenvalue weighted by atomic mass is 16.2. The lowest BCUT2D eigenvalue weighted by atomic mass is 10.3. The molecule has 0 bridgehead atoms. The Balaban J connectivity index is 4.40. The molecule has 0 aliphatic carbocycles. The summed E-state index contributed by atoms with van der Waals surface area (Å²) < 4.78 is 0. The summed E-state index contributed by atoms with van der Waals surface area (Å²) in [7, 11) is 8.08. The third-order valence-electron chi connectivity index (χ3n) is 2.93. The van der Waals surface area contributed by atoms with Gasteiger partial charge >= 0.3 is 0 Å². The number of likely N-dealkylation sites (N-methyl/N-ethyl adjacent to an activating group) is 4. The van der Waals surface area contributed by atoms with E-state index in [0.29, 0.717) is 0 Å². The van der Waals surface area contributed by atoms with Gasteiger partial charge in [0.2, 0.25) is 17.7 Å². The largest absolute Gasteiger partial charge is 0.337 e. The maximum atomic E-state index is 12.0. The van der Waals surface area contributed by atoms with Crippen molar-refractivity contribution >= 4 is 23.5 Å². The summed E-state index contributed by atoms with van der Waals surface area (Å²) in [5.41, 5.74) is 0. The van der Waals surface area contributed by atoms with E-state index < -0.39 is 0 Å². The highest BCUT2D eigenvalue weighted by Crippen LogP contribution is 1.95. The third-order valence-corrected chi connectivity index (χ3v) is 2.93. The molecule has 0 radical (unpaired) electrons. The van der Waals surface area contributed by atoms with Crippen LogP contribution in [0.4, 0.5) is 0 Å². The average molecular weight is 314 g/mol. The Bertz CT molecular complexity index is 437. The minimum absolute atomic E-state index is 0.0160. The molecule has 126 valence electrons. The fraction of sp³-hybridized carbons (Fsp3) is 0.714. The Labute approximate surface area is 131 Å². The van der Waals surface area contributed by atoms with Crippen LogP contribution >= 0.6 is 0 Å². The van der Waals surface area contributed by atoms with Crippen LogP contribution in [0.2, 0.25) is 0 Å². The molecule has 0 saturated carbocycles. The van der Waals surface area contributed by atoms with Crippen molar-refractivity contribution in [3.05, 3.63) is 0 Å². The fourth-order valence-electron chi connectivity index (χ4n) is 1.64. The van der Waals surface area contributed by atoms with Gasteiger partial charge < -0.3 is 19.6 Å². The molecule has 0 fully saturated rings. The van der Waals surface area contributed by atoms with Crippen LogP contribution in [0.3, 0.4) is 0 Å². The molecule has 0 atom stereocenters. The van der Waals surface area contributed by atoms with Crippen LogP contribution in [-0.4, -0.2) is 105 Å². The van der Waals surface area contributed by atoms with Crippen molar-refractivity contribution in [3.63, 3.8) is 0 Å². The maximum Gasteiger partial charge on any atom is 0.242 e. The lowest BCUT2D eigenvalue weighted by molar-refractivity contribution is -0.142. The van der Waals surface area contributed by atoms with Crippen molar-refractivity contribution in [2.75, 3.05) is 61.4 Å². The highest BCUT2D eigenvalue weighted by molar-refractivity contribution is 5.90. The van der Waals surface area contributed by atoms with Gasteiger partial charge in [-0.05, 0) is 21.0 Å². The van der Waals surface area contributed by atoms with Crippen LogP contribution in [0, 0.1) is 0 Å². The minimum atomic E-state index is -0.334. The first-order valence-electron chi connectivity index (χ1n) is 6.90. The number of rotatable bonds is 8. The summed E-state index contributed by atoms with van der Waals surface area (Å²) in [5, 5.41) is 0. The molecule has 0 aliphatic heterocycles. The van der Waals surface area contributed by atoms with Gasteiger partial charge in [0.25, 0.3) is 0 Å². The van der Waals surface area contributed by atoms with E-state index in [4.69, 9.17) is 0 Å². The summed E-state index contributed by atoms with van der Waals surface area (Å²) >= 11 is 0. The van der Waals surface area contributed by atoms with E-state index in [0.717, 1.165) is 0 Å². The topological polar surface area (TPSA) is 81.2 Å². The van der Waals surface area contributed by atoms with Gasteiger partial charge in [-0.1, -0.05) is 0 Å². The van der Waals surface area contributed by atoms with Crippen molar-refractivity contribution in [1.82, 2.24) is 19.6 Å². The van der Waals surface area contributed by atoms with Gasteiger partial charge in [-0.15, -0.1) is 0 Å². The molecule has 0 N–H and O–H groups in total. The van der Waals surface area contributed by atoms with E-state index in [1.807, 2.05) is 0 Å². The van der Waals surface area contributed by atoms with E-state index in [9.17, 15) is 19.2 Å². The molecular weight excluding hydrogens is 288 g/mol. The van der Waals surface area contributed by atoms with Crippen molar-refractivity contribution in [2.45, 2.75) is 6.92 Å². The summed E-state index contributed by atoms with van der Waals surface area (Å²) in [5.74, 6) is -0.960. The monoisotopic (exact) mass is 314 g/mol. The highest BCUT2D eigenvalue weighted by Gasteiger charge is 2.20. The molecule has 8 heteroatoms. The molecule has 0 rings (SSSR count). The molecule has 0 aromatic heterocycles. The second kappa shape index (κ2) is 9.14. The molecule has 22 heavy (non-hydrogen) atoms. The minimum Gasteiger partial charge on any atom is -0.337 e. The van der Waals surface area contributed by atoms with Gasteiger partial charge in [0.05, 0.1) is 26.2 Å². The number of hydrogen-bond donors (Lipinski definition) is 0. The first-order chi connectivity index (χ1) is 10.0. The van der Waals surface area contributed by atoms with E-state index in [-0.39, 0.29) is 49.7 Å². The molecule has 0 heterocycles. The number of carbonyl (C=O) groups excluding carboxylic acids is 4. The van der Waals surface area contributed by atoms with Crippen LogP contribution in [0.25, 0.3) is 0 Å². The average Bonchev–Trinajstić information content (AvgIpc) is 2.36. The van der Waals surface area contributed by atoms with Gasteiger partial charge in [-0.25, -0.2) is 0 Å². The first kappa shape index (κ1) is 20.0. The van der Waals surface area contributed by atoms with E-state index in [1.165, 1.54) is 35.7 Å². The molecule has 8 nitrogen and oxygen atoms in total. The van der Waals surface area contributed by atoms with E-state index >= 15 is 0 Å². The number of Topliss-reactive ketones (excluding diaryl/α,β-unsaturated/α-hetero) is 1. The molecular formula is C14H26N4O4. The van der Waals surface area contributed by atoms with Gasteiger partial charge in [-0.2, -0.15) is 0 Å². The van der Waals surface area contributed by atoms with Crippen LogP contribution < -0.4 is 0 Å². The Morgan fingerprint density at radius 2 is 0.909 bits per heavy atom. The summed E-state index contributed by atoms with van der Waals surface area (Å²) in [6.45, 7) is 1.41. The predicted octanol–water partition coefficient (Wildman–Crippen LogP) is -1.49. The summed E-state index contributed by atoms with van der Waals surface area (Å²) in [6, 6.07) is 0. The molecule has 0 aromatic carbocycles. The van der Waals surface area contributed by atoms with Gasteiger partial charge in [0.1, 0.15) is 5.78 Å². The number of amides is 3. The molecule has 0 aliphatic rings. The molecule has 0 saturated heterocycles. The summed E-state index contributed by atoms with van der Waals surface area (Å²) in [6.07, 6.45) is 0. The van der Waals surface area contributed by atoms with Crippen LogP contribution in [-0.2, 0) is 19.2 Å². The Hall–Kier alpha value is -1.96. The zero-order valence-corrected chi connectivity index (χ0v) is 14.3. The Kier molecular flexibility index (Phi) is 8.32. The molecule has 0 unspecified atom stereocenters. The smallest absolute Gasteiger partial charge is 0.242 e. The normalized spacial score (nSPS) is 10.3. The molecule has 0 spiro atoms. The summed E-state index contributed by atoms with van der Waals surface area (Å²) in [4.78, 5) is 52.1. The number of hydrogen-bond acceptors (Lipinski definition) is 5. The quantitative estimate of drug-likeness (QED) is 0.545. The number of carbonyl (C=O) groups is 4. The Morgan fingerprint density at radius 3 is 1.23 bits per heavy atom. The fourth-order valence-corrected chi connectivity index (χ4v) is 1.64. The second-order valence-corrected chi connectivity index (χ2v) is 5.69. The van der Waals surface area contributed by atoms with Crippen molar-refractivity contribution in [1.29, 1.82) is 0 Å². The van der Waals surface area contributed by atoms with Crippen molar-refractivity contribution < 1.29 is 19.2 Å². The van der Waals surface area contributed by atoms with Crippen molar-refractivity contribution in [2.24, 2.45) is 0 Å². The standard InChI is InChI=1S/C14H26N4O4/c1-11(19)7-16(4)13(21)9-18(6)14(22)10-17(5)12(20)8-15(2)3/h7-10H2,1-6H3. The zero-order chi connectivity index (χ0) is 17.4. The van der Waals surface area contributed by atoms with Crippen LogP contribution in [0.15, 0.2) is 0 Å². The lowest BCUT2D eigenvalue weighted by Crippen LogP contribution is -2.46. The van der Waals surface area contributed by atoms with Gasteiger partial charge in [0, 0.05) is 21.1 Å². The van der Waals surface area contributed by atoms with Gasteiger partial charge in [0.15, 0.2) is 0 Å². The van der Waals surface area contributed by atoms with E-state index in [1.54, 1.807) is 26.0 Å². The SMILES string of the molecule is CC(=O)CN(C)C(=O)CN(C)C(=O)CN(C)C(=O)CN(C)C. The number of nitrogens with zero attached hydrogens (tertiary/aromatic N) is 4. The van der Waals surface area contributed by atoms with Crippen LogP contribution in [0.5, 0.6) is 0 Å². The lowest BCUT2D eigenvalue weighted by Gasteiger charge is -2.24. The Morgan fingerprint density at radius 1 is 0.591 bits per heavy atom. The van der Waals surface area contributed by atoms with Gasteiger partial charge in [-0.3, -0.25) is 19.2 Å². The van der Waals surface area contributed by atoms with Crippen LogP contribution in [0.1, 0.15) is 6.92 Å². The third kappa shape index (κ3) is 7.72. The zero-order valence-electron chi connectivity index (χ0n) is 14.3. The predicted molar refractivity (Wildman–Crippen MR) is 82.1 cm³/mol. The molecule has 3 amide bonds. The van der Waals surface area contributed by atoms with Crippen molar-refractivity contribution in [3.8, 4) is 0 Å². The number of ketones is 1. The maximum absolute atomic E-state index is 12.0.